The highest BCUT2D eigenvalue weighted by Gasteiger charge is 2.29. The summed E-state index contributed by atoms with van der Waals surface area (Å²) in [6, 6.07) is 6.29. The summed E-state index contributed by atoms with van der Waals surface area (Å²) in [5.41, 5.74) is 3.75. The van der Waals surface area contributed by atoms with Gasteiger partial charge in [0, 0.05) is 29.9 Å². The molecule has 0 unspecified atom stereocenters. The first-order chi connectivity index (χ1) is 18.7. The van der Waals surface area contributed by atoms with Crippen molar-refractivity contribution in [3.8, 4) is 16.9 Å². The van der Waals surface area contributed by atoms with Crippen LogP contribution in [0.5, 0.6) is 0 Å². The average molecular weight is 552 g/mol. The van der Waals surface area contributed by atoms with Crippen LogP contribution < -0.4 is 5.56 Å². The number of aromatic nitrogens is 4. The van der Waals surface area contributed by atoms with E-state index in [0.29, 0.717) is 65.8 Å². The fourth-order valence-electron chi connectivity index (χ4n) is 5.07. The molecule has 1 fully saturated rings. The minimum Gasteiger partial charge on any atom is -0.466 e. The average Bonchev–Trinajstić information content (AvgIpc) is 3.48. The van der Waals surface area contributed by atoms with E-state index in [2.05, 4.69) is 10.1 Å². The normalized spacial score (nSPS) is 14.2. The Kier molecular flexibility index (Phi) is 7.35. The number of carbonyl (C=O) groups excluding carboxylic acids is 2. The van der Waals surface area contributed by atoms with Gasteiger partial charge in [-0.2, -0.15) is 5.10 Å². The summed E-state index contributed by atoms with van der Waals surface area (Å²) in [6.07, 6.45) is 1.17. The highest BCUT2D eigenvalue weighted by molar-refractivity contribution is 7.15. The Balaban J connectivity index is 1.43. The van der Waals surface area contributed by atoms with Crippen molar-refractivity contribution in [3.63, 3.8) is 0 Å². The fraction of sp³-hybridized carbons (Fsp3) is 0.393. The molecule has 0 bridgehead atoms. The van der Waals surface area contributed by atoms with E-state index in [0.717, 1.165) is 11.3 Å². The Morgan fingerprint density at radius 3 is 2.62 bits per heavy atom. The Labute approximate surface area is 228 Å². The van der Waals surface area contributed by atoms with Gasteiger partial charge in [-0.15, -0.1) is 11.3 Å². The van der Waals surface area contributed by atoms with Crippen LogP contribution in [0.15, 0.2) is 34.4 Å². The number of carbonyl (C=O) groups is 2. The van der Waals surface area contributed by atoms with Crippen molar-refractivity contribution in [1.82, 2.24) is 24.1 Å². The maximum Gasteiger partial charge on any atom is 0.309 e. The maximum absolute atomic E-state index is 14.0. The number of thiazole rings is 1. The minimum absolute atomic E-state index is 0.0457. The van der Waals surface area contributed by atoms with Gasteiger partial charge in [0.2, 0.25) is 5.91 Å². The monoisotopic (exact) mass is 551 g/mol. The summed E-state index contributed by atoms with van der Waals surface area (Å²) < 4.78 is 22.2. The molecule has 1 aliphatic heterocycles. The summed E-state index contributed by atoms with van der Waals surface area (Å²) >= 11 is 1.31. The molecule has 1 amide bonds. The second-order valence-electron chi connectivity index (χ2n) is 9.82. The van der Waals surface area contributed by atoms with Crippen LogP contribution in [0.1, 0.15) is 42.4 Å². The summed E-state index contributed by atoms with van der Waals surface area (Å²) in [5, 5.41) is 6.44. The van der Waals surface area contributed by atoms with Gasteiger partial charge in [0.15, 0.2) is 4.96 Å². The summed E-state index contributed by atoms with van der Waals surface area (Å²) in [4.78, 5) is 45.8. The lowest BCUT2D eigenvalue weighted by Crippen LogP contribution is -2.41. The number of aryl methyl sites for hydroxylation is 3. The van der Waals surface area contributed by atoms with E-state index in [1.54, 1.807) is 40.9 Å². The van der Waals surface area contributed by atoms with Crippen molar-refractivity contribution in [2.24, 2.45) is 5.92 Å². The van der Waals surface area contributed by atoms with Gasteiger partial charge in [0.25, 0.3) is 5.56 Å². The molecule has 1 aromatic carbocycles. The van der Waals surface area contributed by atoms with Crippen LogP contribution in [0.2, 0.25) is 0 Å². The summed E-state index contributed by atoms with van der Waals surface area (Å²) in [7, 11) is 0. The summed E-state index contributed by atoms with van der Waals surface area (Å²) in [6.45, 7) is 8.55. The van der Waals surface area contributed by atoms with Gasteiger partial charge in [0.05, 0.1) is 35.9 Å². The molecule has 0 spiro atoms. The van der Waals surface area contributed by atoms with Crippen LogP contribution in [0.3, 0.4) is 0 Å². The van der Waals surface area contributed by atoms with Gasteiger partial charge in [0.1, 0.15) is 11.5 Å². The number of likely N-dealkylation sites (tertiary alicyclic amines) is 1. The van der Waals surface area contributed by atoms with Gasteiger partial charge in [-0.3, -0.25) is 18.8 Å². The number of rotatable bonds is 6. The number of esters is 1. The Morgan fingerprint density at radius 2 is 1.90 bits per heavy atom. The maximum atomic E-state index is 14.0. The van der Waals surface area contributed by atoms with Crippen molar-refractivity contribution in [2.75, 3.05) is 19.7 Å². The molecule has 0 aliphatic carbocycles. The van der Waals surface area contributed by atoms with Crippen molar-refractivity contribution < 1.29 is 18.7 Å². The molecule has 1 aliphatic rings. The van der Waals surface area contributed by atoms with Crippen LogP contribution in [0.4, 0.5) is 4.39 Å². The standard InChI is InChI=1S/C28H30FN5O4S/c1-5-38-27(37)19-8-10-32(11-9-19)24(35)14-21-15-39-28-30-18(4)25(26(36)33(21)28)22-12-17(3)34(31-22)23-13-20(29)7-6-16(23)2/h6-7,12-13,15,19H,5,8-11,14H2,1-4H3. The number of fused-ring (bicyclic) bond motifs is 1. The minimum atomic E-state index is -0.371. The van der Waals surface area contributed by atoms with Crippen molar-refractivity contribution in [2.45, 2.75) is 47.0 Å². The Hall–Kier alpha value is -3.86. The third kappa shape index (κ3) is 5.10. The number of hydrogen-bond donors (Lipinski definition) is 0. The topological polar surface area (TPSA) is 98.8 Å². The van der Waals surface area contributed by atoms with E-state index < -0.39 is 0 Å². The first-order valence-electron chi connectivity index (χ1n) is 13.0. The third-order valence-electron chi connectivity index (χ3n) is 7.16. The fourth-order valence-corrected chi connectivity index (χ4v) is 5.99. The van der Waals surface area contributed by atoms with E-state index in [9.17, 15) is 18.8 Å². The molecule has 5 rings (SSSR count). The highest BCUT2D eigenvalue weighted by Crippen LogP contribution is 2.26. The predicted molar refractivity (Wildman–Crippen MR) is 146 cm³/mol. The molecule has 0 radical (unpaired) electrons. The largest absolute Gasteiger partial charge is 0.466 e. The van der Waals surface area contributed by atoms with E-state index in [-0.39, 0.29) is 35.6 Å². The van der Waals surface area contributed by atoms with E-state index >= 15 is 0 Å². The van der Waals surface area contributed by atoms with Gasteiger partial charge in [-0.1, -0.05) is 6.07 Å². The van der Waals surface area contributed by atoms with Crippen molar-refractivity contribution >= 4 is 28.2 Å². The molecular formula is C28H30FN5O4S. The number of halogens is 1. The lowest BCUT2D eigenvalue weighted by molar-refractivity contribution is -0.151. The number of ether oxygens (including phenoxy) is 1. The first-order valence-corrected chi connectivity index (χ1v) is 13.8. The van der Waals surface area contributed by atoms with Gasteiger partial charge in [-0.25, -0.2) is 14.1 Å². The SMILES string of the molecule is CCOC(=O)C1CCN(C(=O)Cc2csc3nc(C)c(-c4cc(C)n(-c5cc(F)ccc5C)n4)c(=O)n23)CC1. The molecule has 39 heavy (non-hydrogen) atoms. The number of hydrogen-bond acceptors (Lipinski definition) is 7. The van der Waals surface area contributed by atoms with Crippen molar-refractivity contribution in [3.05, 3.63) is 68.5 Å². The molecule has 9 nitrogen and oxygen atoms in total. The predicted octanol–water partition coefficient (Wildman–Crippen LogP) is 4.02. The molecule has 0 saturated carbocycles. The molecular weight excluding hydrogens is 521 g/mol. The molecule has 204 valence electrons. The lowest BCUT2D eigenvalue weighted by atomic mass is 9.97. The molecule has 4 aromatic rings. The zero-order valence-electron chi connectivity index (χ0n) is 22.4. The van der Waals surface area contributed by atoms with Crippen LogP contribution in [0.25, 0.3) is 21.9 Å². The number of piperidine rings is 1. The molecule has 11 heteroatoms. The van der Waals surface area contributed by atoms with E-state index in [1.807, 2.05) is 13.8 Å². The number of amides is 1. The first kappa shape index (κ1) is 26.7. The second-order valence-corrected chi connectivity index (χ2v) is 10.7. The van der Waals surface area contributed by atoms with Crippen LogP contribution in [-0.4, -0.2) is 55.6 Å². The van der Waals surface area contributed by atoms with Gasteiger partial charge in [-0.05, 0) is 64.3 Å². The molecule has 0 N–H and O–H groups in total. The zero-order chi connectivity index (χ0) is 27.8. The summed E-state index contributed by atoms with van der Waals surface area (Å²) in [5.74, 6) is -0.872. The highest BCUT2D eigenvalue weighted by atomic mass is 32.1. The molecule has 0 atom stereocenters. The van der Waals surface area contributed by atoms with Gasteiger partial charge >= 0.3 is 5.97 Å². The Bertz CT molecular complexity index is 1630. The number of benzene rings is 1. The van der Waals surface area contributed by atoms with Crippen LogP contribution >= 0.6 is 11.3 Å². The van der Waals surface area contributed by atoms with Crippen LogP contribution in [-0.2, 0) is 20.7 Å². The van der Waals surface area contributed by atoms with E-state index in [4.69, 9.17) is 4.74 Å². The van der Waals surface area contributed by atoms with Crippen LogP contribution in [0, 0.1) is 32.5 Å². The lowest BCUT2D eigenvalue weighted by Gasteiger charge is -2.30. The zero-order valence-corrected chi connectivity index (χ0v) is 23.2. The third-order valence-corrected chi connectivity index (χ3v) is 8.04. The second kappa shape index (κ2) is 10.7. The molecule has 3 aromatic heterocycles. The quantitative estimate of drug-likeness (QED) is 0.336. The van der Waals surface area contributed by atoms with E-state index in [1.165, 1.54) is 27.9 Å². The molecule has 1 saturated heterocycles. The van der Waals surface area contributed by atoms with Crippen molar-refractivity contribution in [1.29, 1.82) is 0 Å². The van der Waals surface area contributed by atoms with Gasteiger partial charge < -0.3 is 9.64 Å². The molecule has 4 heterocycles. The Morgan fingerprint density at radius 1 is 1.15 bits per heavy atom. The smallest absolute Gasteiger partial charge is 0.309 e. The number of nitrogens with zero attached hydrogens (tertiary/aromatic N) is 5.